The standard InChI is InChI=1S/C13H16N2S/c1-15(2)9-7-11-10-5-3-4-6-12(10)14-13(11)16-8-9/h3-6,9,14H,7-8H2,1-2H3/t9-/m1/s1. The first-order valence-corrected chi connectivity index (χ1v) is 6.63. The van der Waals surface area contributed by atoms with Gasteiger partial charge in [-0.05, 0) is 32.1 Å². The van der Waals surface area contributed by atoms with Crippen molar-refractivity contribution < 1.29 is 0 Å². The topological polar surface area (TPSA) is 19.0 Å². The van der Waals surface area contributed by atoms with Gasteiger partial charge in [0.25, 0.3) is 0 Å². The fourth-order valence-electron chi connectivity index (χ4n) is 2.31. The van der Waals surface area contributed by atoms with Crippen LogP contribution in [0, 0.1) is 0 Å². The minimum Gasteiger partial charge on any atom is -0.349 e. The minimum absolute atomic E-state index is 0.664. The smallest absolute Gasteiger partial charge is 0.0766 e. The molecule has 0 radical (unpaired) electrons. The fraction of sp³-hybridized carbons (Fsp3) is 0.385. The Labute approximate surface area is 100 Å². The first-order chi connectivity index (χ1) is 7.75. The number of thioether (sulfide) groups is 1. The Morgan fingerprint density at radius 2 is 2.12 bits per heavy atom. The van der Waals surface area contributed by atoms with Crippen LogP contribution >= 0.6 is 11.8 Å². The van der Waals surface area contributed by atoms with Gasteiger partial charge in [-0.2, -0.15) is 0 Å². The third kappa shape index (κ3) is 1.55. The van der Waals surface area contributed by atoms with Crippen LogP contribution in [0.2, 0.25) is 0 Å². The molecule has 2 nitrogen and oxygen atoms in total. The molecule has 0 unspecified atom stereocenters. The molecule has 0 fully saturated rings. The maximum absolute atomic E-state index is 3.52. The van der Waals surface area contributed by atoms with Gasteiger partial charge < -0.3 is 9.88 Å². The maximum Gasteiger partial charge on any atom is 0.0766 e. The summed E-state index contributed by atoms with van der Waals surface area (Å²) in [4.78, 5) is 5.85. The van der Waals surface area contributed by atoms with Crippen LogP contribution in [0.4, 0.5) is 0 Å². The number of para-hydroxylation sites is 1. The van der Waals surface area contributed by atoms with Crippen molar-refractivity contribution in [3.05, 3.63) is 29.8 Å². The van der Waals surface area contributed by atoms with Crippen LogP contribution in [-0.2, 0) is 6.42 Å². The average molecular weight is 232 g/mol. The van der Waals surface area contributed by atoms with E-state index in [0.29, 0.717) is 6.04 Å². The molecule has 2 aromatic rings. The molecule has 3 rings (SSSR count). The summed E-state index contributed by atoms with van der Waals surface area (Å²) < 4.78 is 0. The fourth-order valence-corrected chi connectivity index (χ4v) is 3.63. The minimum atomic E-state index is 0.664. The van der Waals surface area contributed by atoms with Crippen LogP contribution in [0.15, 0.2) is 29.3 Å². The molecular weight excluding hydrogens is 216 g/mol. The first kappa shape index (κ1) is 10.2. The third-order valence-electron chi connectivity index (χ3n) is 3.36. The molecule has 0 amide bonds. The number of benzene rings is 1. The zero-order valence-electron chi connectivity index (χ0n) is 9.66. The molecule has 1 N–H and O–H groups in total. The van der Waals surface area contributed by atoms with E-state index in [0.717, 1.165) is 0 Å². The van der Waals surface area contributed by atoms with Crippen molar-refractivity contribution in [2.45, 2.75) is 17.5 Å². The van der Waals surface area contributed by atoms with Gasteiger partial charge in [0.15, 0.2) is 0 Å². The lowest BCUT2D eigenvalue weighted by Crippen LogP contribution is -2.34. The monoisotopic (exact) mass is 232 g/mol. The van der Waals surface area contributed by atoms with Gasteiger partial charge >= 0.3 is 0 Å². The van der Waals surface area contributed by atoms with Crippen LogP contribution in [0.1, 0.15) is 5.56 Å². The number of fused-ring (bicyclic) bond motifs is 3. The number of hydrogen-bond donors (Lipinski definition) is 1. The van der Waals surface area contributed by atoms with E-state index in [2.05, 4.69) is 48.2 Å². The zero-order valence-corrected chi connectivity index (χ0v) is 10.5. The van der Waals surface area contributed by atoms with Crippen LogP contribution < -0.4 is 0 Å². The summed E-state index contributed by atoms with van der Waals surface area (Å²) in [6, 6.07) is 9.28. The summed E-state index contributed by atoms with van der Waals surface area (Å²) in [7, 11) is 4.34. The van der Waals surface area contributed by atoms with Crippen molar-refractivity contribution in [3.8, 4) is 0 Å². The SMILES string of the molecule is CN(C)[C@H]1CSc2[nH]c3ccccc3c2C1. The second-order valence-corrected chi connectivity index (χ2v) is 5.64. The number of aromatic nitrogens is 1. The van der Waals surface area contributed by atoms with Crippen molar-refractivity contribution in [1.29, 1.82) is 0 Å². The number of aromatic amines is 1. The van der Waals surface area contributed by atoms with Gasteiger partial charge in [0.2, 0.25) is 0 Å². The molecule has 3 heteroatoms. The van der Waals surface area contributed by atoms with Crippen molar-refractivity contribution in [3.63, 3.8) is 0 Å². The molecule has 1 atom stereocenters. The predicted molar refractivity (Wildman–Crippen MR) is 70.2 cm³/mol. The van der Waals surface area contributed by atoms with Gasteiger partial charge in [0.1, 0.15) is 0 Å². The zero-order chi connectivity index (χ0) is 11.1. The molecule has 0 bridgehead atoms. The Balaban J connectivity index is 2.08. The van der Waals surface area contributed by atoms with Gasteiger partial charge in [-0.1, -0.05) is 18.2 Å². The quantitative estimate of drug-likeness (QED) is 0.815. The van der Waals surface area contributed by atoms with Gasteiger partial charge in [0, 0.05) is 22.7 Å². The second kappa shape index (κ2) is 3.82. The molecule has 0 saturated carbocycles. The molecule has 0 spiro atoms. The van der Waals surface area contributed by atoms with Crippen molar-refractivity contribution >= 4 is 22.7 Å². The van der Waals surface area contributed by atoms with E-state index in [1.54, 1.807) is 0 Å². The Kier molecular flexibility index (Phi) is 2.45. The number of nitrogens with one attached hydrogen (secondary N) is 1. The van der Waals surface area contributed by atoms with Crippen LogP contribution in [0.3, 0.4) is 0 Å². The van der Waals surface area contributed by atoms with E-state index in [9.17, 15) is 0 Å². The molecular formula is C13H16N2S. The molecule has 0 saturated heterocycles. The number of H-pyrrole nitrogens is 1. The number of nitrogens with zero attached hydrogens (tertiary/aromatic N) is 1. The molecule has 16 heavy (non-hydrogen) atoms. The molecule has 1 aliphatic rings. The van der Waals surface area contributed by atoms with Crippen LogP contribution in [-0.4, -0.2) is 35.8 Å². The van der Waals surface area contributed by atoms with Gasteiger partial charge in [-0.15, -0.1) is 11.8 Å². The van der Waals surface area contributed by atoms with E-state index >= 15 is 0 Å². The normalized spacial score (nSPS) is 20.3. The van der Waals surface area contributed by atoms with Crippen molar-refractivity contribution in [2.24, 2.45) is 0 Å². The lowest BCUT2D eigenvalue weighted by molar-refractivity contribution is 0.314. The van der Waals surface area contributed by atoms with Gasteiger partial charge in [-0.3, -0.25) is 0 Å². The van der Waals surface area contributed by atoms with Crippen LogP contribution in [0.5, 0.6) is 0 Å². The molecule has 0 aliphatic carbocycles. The molecule has 1 aromatic carbocycles. The highest BCUT2D eigenvalue weighted by Gasteiger charge is 2.23. The number of rotatable bonds is 1. The summed E-state index contributed by atoms with van der Waals surface area (Å²) in [5, 5.41) is 2.77. The lowest BCUT2D eigenvalue weighted by Gasteiger charge is -2.27. The van der Waals surface area contributed by atoms with Gasteiger partial charge in [0.05, 0.1) is 5.03 Å². The van der Waals surface area contributed by atoms with Crippen molar-refractivity contribution in [2.75, 3.05) is 19.8 Å². The highest BCUT2D eigenvalue weighted by Crippen LogP contribution is 2.35. The summed E-state index contributed by atoms with van der Waals surface area (Å²) >= 11 is 1.95. The molecule has 1 aliphatic heterocycles. The highest BCUT2D eigenvalue weighted by molar-refractivity contribution is 7.99. The Morgan fingerprint density at radius 3 is 2.94 bits per heavy atom. The van der Waals surface area contributed by atoms with E-state index < -0.39 is 0 Å². The van der Waals surface area contributed by atoms with E-state index in [-0.39, 0.29) is 0 Å². The highest BCUT2D eigenvalue weighted by atomic mass is 32.2. The Bertz CT molecular complexity index is 516. The lowest BCUT2D eigenvalue weighted by atomic mass is 10.1. The molecule has 84 valence electrons. The Hall–Kier alpha value is -0.930. The van der Waals surface area contributed by atoms with Crippen LogP contribution in [0.25, 0.3) is 10.9 Å². The van der Waals surface area contributed by atoms with Crippen molar-refractivity contribution in [1.82, 2.24) is 9.88 Å². The summed E-state index contributed by atoms with van der Waals surface area (Å²) in [6.45, 7) is 0. The van der Waals surface area contributed by atoms with E-state index in [1.165, 1.54) is 33.7 Å². The maximum atomic E-state index is 3.52. The largest absolute Gasteiger partial charge is 0.349 e. The first-order valence-electron chi connectivity index (χ1n) is 5.64. The molecule has 2 heterocycles. The van der Waals surface area contributed by atoms with Gasteiger partial charge in [-0.25, -0.2) is 0 Å². The number of likely N-dealkylation sites (N-methyl/N-ethyl adjacent to an activating group) is 1. The third-order valence-corrected chi connectivity index (χ3v) is 4.55. The average Bonchev–Trinajstić information content (AvgIpc) is 2.66. The summed E-state index contributed by atoms with van der Waals surface area (Å²) in [6.07, 6.45) is 1.17. The Morgan fingerprint density at radius 1 is 1.31 bits per heavy atom. The second-order valence-electron chi connectivity index (χ2n) is 4.61. The predicted octanol–water partition coefficient (Wildman–Crippen LogP) is 2.75. The van der Waals surface area contributed by atoms with E-state index in [4.69, 9.17) is 0 Å². The van der Waals surface area contributed by atoms with E-state index in [1.807, 2.05) is 11.8 Å². The summed E-state index contributed by atoms with van der Waals surface area (Å²) in [5.74, 6) is 1.19. The number of hydrogen-bond acceptors (Lipinski definition) is 2. The summed E-state index contributed by atoms with van der Waals surface area (Å²) in [5.41, 5.74) is 2.78. The molecule has 1 aromatic heterocycles.